The average Bonchev–Trinajstić information content (AvgIpc) is 2.80. The fraction of sp³-hybridized carbons (Fsp3) is 0.450. The normalized spacial score (nSPS) is 17.8. The number of carbonyl (C=O) groups excluding carboxylic acids is 1. The molecule has 2 saturated heterocycles. The van der Waals surface area contributed by atoms with Gasteiger partial charge in [0.2, 0.25) is 11.9 Å². The predicted molar refractivity (Wildman–Crippen MR) is 113 cm³/mol. The molecule has 10 heteroatoms. The van der Waals surface area contributed by atoms with Crippen molar-refractivity contribution in [1.29, 1.82) is 0 Å². The van der Waals surface area contributed by atoms with Gasteiger partial charge in [-0.2, -0.15) is 0 Å². The van der Waals surface area contributed by atoms with Gasteiger partial charge in [0.15, 0.2) is 0 Å². The summed E-state index contributed by atoms with van der Waals surface area (Å²) in [5.41, 5.74) is 1.08. The Morgan fingerprint density at radius 2 is 1.50 bits per heavy atom. The molecule has 0 N–H and O–H groups in total. The Kier molecular flexibility index (Phi) is 6.03. The summed E-state index contributed by atoms with van der Waals surface area (Å²) in [7, 11) is 0. The lowest BCUT2D eigenvalue weighted by atomic mass is 10.2. The number of anilines is 2. The summed E-state index contributed by atoms with van der Waals surface area (Å²) in [5.74, 6) is 0.874. The molecule has 3 heterocycles. The maximum absolute atomic E-state index is 12.7. The summed E-state index contributed by atoms with van der Waals surface area (Å²) in [4.78, 5) is 40.1. The van der Waals surface area contributed by atoms with Crippen molar-refractivity contribution < 1.29 is 9.72 Å². The van der Waals surface area contributed by atoms with Gasteiger partial charge < -0.3 is 14.7 Å². The third-order valence-corrected chi connectivity index (χ3v) is 5.62. The molecule has 4 rings (SSSR count). The summed E-state index contributed by atoms with van der Waals surface area (Å²) in [6.45, 7) is 6.44. The Hall–Kier alpha value is -3.27. The first kappa shape index (κ1) is 20.0. The van der Waals surface area contributed by atoms with Crippen LogP contribution in [-0.2, 0) is 4.79 Å². The minimum Gasteiger partial charge on any atom is -0.369 e. The van der Waals surface area contributed by atoms with Gasteiger partial charge in [-0.15, -0.1) is 0 Å². The van der Waals surface area contributed by atoms with Crippen molar-refractivity contribution in [2.75, 3.05) is 68.7 Å². The highest BCUT2D eigenvalue weighted by Gasteiger charge is 2.25. The highest BCUT2D eigenvalue weighted by molar-refractivity contribution is 5.78. The van der Waals surface area contributed by atoms with E-state index in [4.69, 9.17) is 0 Å². The van der Waals surface area contributed by atoms with E-state index >= 15 is 0 Å². The van der Waals surface area contributed by atoms with Crippen LogP contribution in [0.4, 0.5) is 17.3 Å². The number of aromatic nitrogens is 2. The Morgan fingerprint density at radius 3 is 2.10 bits per heavy atom. The van der Waals surface area contributed by atoms with E-state index in [1.165, 1.54) is 12.1 Å². The van der Waals surface area contributed by atoms with E-state index in [1.807, 2.05) is 4.90 Å². The summed E-state index contributed by atoms with van der Waals surface area (Å²) in [6.07, 6.45) is 3.46. The lowest BCUT2D eigenvalue weighted by Gasteiger charge is -2.38. The molecule has 1 aromatic carbocycles. The van der Waals surface area contributed by atoms with E-state index in [9.17, 15) is 14.9 Å². The predicted octanol–water partition coefficient (Wildman–Crippen LogP) is 0.856. The summed E-state index contributed by atoms with van der Waals surface area (Å²) in [5, 5.41) is 10.8. The zero-order chi connectivity index (χ0) is 20.9. The number of nitrogens with zero attached hydrogens (tertiary/aromatic N) is 7. The van der Waals surface area contributed by atoms with Gasteiger partial charge in [-0.25, -0.2) is 9.97 Å². The van der Waals surface area contributed by atoms with Crippen LogP contribution in [-0.4, -0.2) is 89.5 Å². The van der Waals surface area contributed by atoms with E-state index in [0.717, 1.165) is 45.0 Å². The van der Waals surface area contributed by atoms with Crippen LogP contribution in [0.1, 0.15) is 0 Å². The van der Waals surface area contributed by atoms with Crippen LogP contribution >= 0.6 is 0 Å². The highest BCUT2D eigenvalue weighted by Crippen LogP contribution is 2.20. The first-order valence-electron chi connectivity index (χ1n) is 10.1. The first-order valence-corrected chi connectivity index (χ1v) is 10.1. The molecule has 1 amide bonds. The molecule has 0 aliphatic carbocycles. The molecule has 0 radical (unpaired) electrons. The number of nitro groups is 1. The van der Waals surface area contributed by atoms with Crippen molar-refractivity contribution in [1.82, 2.24) is 19.8 Å². The second-order valence-corrected chi connectivity index (χ2v) is 7.45. The number of hydrogen-bond acceptors (Lipinski definition) is 8. The van der Waals surface area contributed by atoms with Crippen molar-refractivity contribution in [2.45, 2.75) is 0 Å². The molecule has 2 aliphatic rings. The van der Waals surface area contributed by atoms with Crippen LogP contribution in [0.25, 0.3) is 0 Å². The Morgan fingerprint density at radius 1 is 0.900 bits per heavy atom. The minimum absolute atomic E-state index is 0.0990. The summed E-state index contributed by atoms with van der Waals surface area (Å²) < 4.78 is 0. The number of rotatable bonds is 5. The Bertz CT molecular complexity index is 862. The molecule has 0 spiro atoms. The molecular formula is C20H25N7O3. The Labute approximate surface area is 174 Å². The zero-order valence-corrected chi connectivity index (χ0v) is 16.8. The van der Waals surface area contributed by atoms with Crippen molar-refractivity contribution in [3.05, 3.63) is 52.8 Å². The molecule has 2 aliphatic heterocycles. The average molecular weight is 411 g/mol. The molecule has 10 nitrogen and oxygen atoms in total. The summed E-state index contributed by atoms with van der Waals surface area (Å²) >= 11 is 0. The molecule has 2 aromatic rings. The van der Waals surface area contributed by atoms with Crippen LogP contribution in [0.2, 0.25) is 0 Å². The van der Waals surface area contributed by atoms with Gasteiger partial charge >= 0.3 is 0 Å². The maximum Gasteiger partial charge on any atom is 0.269 e. The van der Waals surface area contributed by atoms with E-state index < -0.39 is 0 Å². The molecular weight excluding hydrogens is 386 g/mol. The second kappa shape index (κ2) is 9.04. The quantitative estimate of drug-likeness (QED) is 0.528. The molecule has 0 unspecified atom stereocenters. The molecule has 0 bridgehead atoms. The lowest BCUT2D eigenvalue weighted by Crippen LogP contribution is -2.54. The standard InChI is InChI=1S/C20H25N7O3/c28-19(25-12-14-26(15-13-25)20-21-6-1-7-22-20)16-23-8-10-24(11-9-23)17-2-4-18(5-3-17)27(29)30/h1-7H,8-16H2. The van der Waals surface area contributed by atoms with E-state index in [-0.39, 0.29) is 16.5 Å². The third-order valence-electron chi connectivity index (χ3n) is 5.62. The number of hydrogen-bond donors (Lipinski definition) is 0. The van der Waals surface area contributed by atoms with E-state index in [0.29, 0.717) is 25.6 Å². The monoisotopic (exact) mass is 411 g/mol. The van der Waals surface area contributed by atoms with Crippen LogP contribution in [0.5, 0.6) is 0 Å². The highest BCUT2D eigenvalue weighted by atomic mass is 16.6. The van der Waals surface area contributed by atoms with Crippen LogP contribution in [0.3, 0.4) is 0 Å². The second-order valence-electron chi connectivity index (χ2n) is 7.45. The lowest BCUT2D eigenvalue weighted by molar-refractivity contribution is -0.384. The van der Waals surface area contributed by atoms with Gasteiger partial charge in [-0.1, -0.05) is 0 Å². The SMILES string of the molecule is O=C(CN1CCN(c2ccc([N+](=O)[O-])cc2)CC1)N1CCN(c2ncccn2)CC1. The van der Waals surface area contributed by atoms with Gasteiger partial charge in [-0.05, 0) is 18.2 Å². The van der Waals surface area contributed by atoms with Crippen molar-refractivity contribution in [3.63, 3.8) is 0 Å². The van der Waals surface area contributed by atoms with Gasteiger partial charge in [-0.3, -0.25) is 19.8 Å². The number of nitro benzene ring substituents is 1. The van der Waals surface area contributed by atoms with Gasteiger partial charge in [0.05, 0.1) is 11.5 Å². The summed E-state index contributed by atoms with van der Waals surface area (Å²) in [6, 6.07) is 8.44. The van der Waals surface area contributed by atoms with Crippen LogP contribution < -0.4 is 9.80 Å². The van der Waals surface area contributed by atoms with Gasteiger partial charge in [0.1, 0.15) is 0 Å². The molecule has 0 saturated carbocycles. The van der Waals surface area contributed by atoms with E-state index in [2.05, 4.69) is 24.7 Å². The number of benzene rings is 1. The van der Waals surface area contributed by atoms with E-state index in [1.54, 1.807) is 30.6 Å². The van der Waals surface area contributed by atoms with Crippen molar-refractivity contribution in [3.8, 4) is 0 Å². The molecule has 0 atom stereocenters. The van der Waals surface area contributed by atoms with Crippen molar-refractivity contribution >= 4 is 23.2 Å². The van der Waals surface area contributed by atoms with Gasteiger partial charge in [0, 0.05) is 82.6 Å². The van der Waals surface area contributed by atoms with Crippen LogP contribution in [0, 0.1) is 10.1 Å². The topological polar surface area (TPSA) is 98.9 Å². The number of carbonyl (C=O) groups is 1. The zero-order valence-electron chi connectivity index (χ0n) is 16.8. The molecule has 158 valence electrons. The van der Waals surface area contributed by atoms with Crippen LogP contribution in [0.15, 0.2) is 42.7 Å². The van der Waals surface area contributed by atoms with Gasteiger partial charge in [0.25, 0.3) is 5.69 Å². The fourth-order valence-corrected chi connectivity index (χ4v) is 3.85. The smallest absolute Gasteiger partial charge is 0.269 e. The number of piperazine rings is 2. The third kappa shape index (κ3) is 4.65. The maximum atomic E-state index is 12.7. The minimum atomic E-state index is -0.389. The molecule has 30 heavy (non-hydrogen) atoms. The molecule has 2 fully saturated rings. The molecule has 1 aromatic heterocycles. The fourth-order valence-electron chi connectivity index (χ4n) is 3.85. The number of non-ortho nitro benzene ring substituents is 1. The Balaban J connectivity index is 1.22. The van der Waals surface area contributed by atoms with Crippen molar-refractivity contribution in [2.24, 2.45) is 0 Å². The first-order chi connectivity index (χ1) is 14.6. The largest absolute Gasteiger partial charge is 0.369 e. The number of amides is 1.